The fraction of sp³-hybridized carbons (Fsp3) is 0.467. The highest BCUT2D eigenvalue weighted by molar-refractivity contribution is 7.89. The van der Waals surface area contributed by atoms with Crippen LogP contribution in [-0.2, 0) is 21.8 Å². The van der Waals surface area contributed by atoms with Gasteiger partial charge in [0.1, 0.15) is 10.7 Å². The molecule has 7 nitrogen and oxygen atoms in total. The summed E-state index contributed by atoms with van der Waals surface area (Å²) < 4.78 is 35.4. The van der Waals surface area contributed by atoms with Crippen molar-refractivity contribution >= 4 is 10.0 Å². The molecule has 1 aliphatic heterocycles. The predicted molar refractivity (Wildman–Crippen MR) is 84.1 cm³/mol. The van der Waals surface area contributed by atoms with Crippen molar-refractivity contribution in [3.05, 3.63) is 42.7 Å². The quantitative estimate of drug-likeness (QED) is 0.888. The van der Waals surface area contributed by atoms with Crippen molar-refractivity contribution < 1.29 is 13.2 Å². The molecule has 0 aliphatic carbocycles. The summed E-state index contributed by atoms with van der Waals surface area (Å²) in [6.07, 6.45) is 8.00. The van der Waals surface area contributed by atoms with Gasteiger partial charge in [0.2, 0.25) is 10.0 Å². The van der Waals surface area contributed by atoms with E-state index in [1.807, 2.05) is 17.8 Å². The topological polar surface area (TPSA) is 86.1 Å². The summed E-state index contributed by atoms with van der Waals surface area (Å²) in [7, 11) is -1.79. The number of nitrogens with zero attached hydrogens (tertiary/aromatic N) is 3. The number of imidazole rings is 1. The molecule has 1 saturated heterocycles. The highest BCUT2D eigenvalue weighted by Crippen LogP contribution is 2.30. The number of sulfonamides is 1. The molecule has 124 valence electrons. The van der Waals surface area contributed by atoms with Crippen LogP contribution in [0.2, 0.25) is 0 Å². The number of ether oxygens (including phenoxy) is 1. The molecule has 23 heavy (non-hydrogen) atoms. The summed E-state index contributed by atoms with van der Waals surface area (Å²) in [5.41, 5.74) is 0. The average Bonchev–Trinajstić information content (AvgIpc) is 3.00. The lowest BCUT2D eigenvalue weighted by Gasteiger charge is -2.30. The molecule has 0 unspecified atom stereocenters. The molecule has 0 bridgehead atoms. The van der Waals surface area contributed by atoms with E-state index in [9.17, 15) is 8.42 Å². The smallest absolute Gasteiger partial charge is 0.242 e. The van der Waals surface area contributed by atoms with E-state index < -0.39 is 10.0 Å². The van der Waals surface area contributed by atoms with E-state index in [2.05, 4.69) is 14.7 Å². The molecule has 8 heteroatoms. The summed E-state index contributed by atoms with van der Waals surface area (Å²) >= 11 is 0. The van der Waals surface area contributed by atoms with Crippen LogP contribution >= 0.6 is 0 Å². The Balaban J connectivity index is 1.91. The number of aryl methyl sites for hydroxylation is 1. The second kappa shape index (κ2) is 6.77. The Labute approximate surface area is 135 Å². The van der Waals surface area contributed by atoms with E-state index in [0.29, 0.717) is 19.0 Å². The van der Waals surface area contributed by atoms with Crippen LogP contribution in [-0.4, -0.2) is 36.2 Å². The predicted octanol–water partition coefficient (Wildman–Crippen LogP) is 1.26. The van der Waals surface area contributed by atoms with Crippen LogP contribution in [0.25, 0.3) is 0 Å². The molecule has 0 spiro atoms. The standard InChI is InChI=1S/C15H20N4O3S/c1-19-8-7-17-15(19)14(12-4-9-22-10-5-12)18-23(20,21)13-3-2-6-16-11-13/h2-3,6-8,11-12,14,18H,4-5,9-10H2,1H3/t14-/m0/s1. The Kier molecular flexibility index (Phi) is 4.74. The molecule has 3 rings (SSSR count). The van der Waals surface area contributed by atoms with Crippen molar-refractivity contribution in [1.29, 1.82) is 0 Å². The van der Waals surface area contributed by atoms with Gasteiger partial charge in [0, 0.05) is 45.0 Å². The number of hydrogen-bond donors (Lipinski definition) is 1. The molecule has 0 aromatic carbocycles. The van der Waals surface area contributed by atoms with Crippen LogP contribution in [0.3, 0.4) is 0 Å². The zero-order chi connectivity index (χ0) is 16.3. The van der Waals surface area contributed by atoms with E-state index in [1.54, 1.807) is 18.5 Å². The summed E-state index contributed by atoms with van der Waals surface area (Å²) in [4.78, 5) is 8.40. The van der Waals surface area contributed by atoms with Gasteiger partial charge in [-0.2, -0.15) is 0 Å². The van der Waals surface area contributed by atoms with Crippen molar-refractivity contribution in [2.45, 2.75) is 23.8 Å². The number of pyridine rings is 1. The van der Waals surface area contributed by atoms with Crippen molar-refractivity contribution in [2.75, 3.05) is 13.2 Å². The van der Waals surface area contributed by atoms with Crippen LogP contribution in [0, 0.1) is 5.92 Å². The molecule has 2 aromatic rings. The molecular formula is C15H20N4O3S. The van der Waals surface area contributed by atoms with Gasteiger partial charge in [-0.1, -0.05) is 0 Å². The first kappa shape index (κ1) is 16.1. The van der Waals surface area contributed by atoms with Gasteiger partial charge in [-0.15, -0.1) is 0 Å². The highest BCUT2D eigenvalue weighted by Gasteiger charge is 2.32. The number of aromatic nitrogens is 3. The minimum atomic E-state index is -3.66. The van der Waals surface area contributed by atoms with Gasteiger partial charge in [-0.05, 0) is 30.9 Å². The third kappa shape index (κ3) is 3.60. The Hall–Kier alpha value is -1.77. The maximum Gasteiger partial charge on any atom is 0.242 e. The normalized spacial score (nSPS) is 18.0. The van der Waals surface area contributed by atoms with E-state index in [0.717, 1.165) is 12.8 Å². The zero-order valence-corrected chi connectivity index (χ0v) is 13.7. The molecule has 0 saturated carbocycles. The van der Waals surface area contributed by atoms with E-state index in [4.69, 9.17) is 4.74 Å². The maximum absolute atomic E-state index is 12.7. The molecule has 1 fully saturated rings. The average molecular weight is 336 g/mol. The van der Waals surface area contributed by atoms with Gasteiger partial charge in [0.25, 0.3) is 0 Å². The summed E-state index contributed by atoms with van der Waals surface area (Å²) in [5.74, 6) is 0.862. The first-order valence-electron chi connectivity index (χ1n) is 7.55. The number of hydrogen-bond acceptors (Lipinski definition) is 5. The van der Waals surface area contributed by atoms with Crippen LogP contribution in [0.15, 0.2) is 41.8 Å². The largest absolute Gasteiger partial charge is 0.381 e. The highest BCUT2D eigenvalue weighted by atomic mass is 32.2. The molecule has 1 aliphatic rings. The Morgan fingerprint density at radius 2 is 2.13 bits per heavy atom. The molecule has 1 atom stereocenters. The zero-order valence-electron chi connectivity index (χ0n) is 12.9. The van der Waals surface area contributed by atoms with Gasteiger partial charge in [-0.25, -0.2) is 18.1 Å². The van der Waals surface area contributed by atoms with Crippen LogP contribution in [0.1, 0.15) is 24.7 Å². The van der Waals surface area contributed by atoms with Gasteiger partial charge in [0.15, 0.2) is 0 Å². The van der Waals surface area contributed by atoms with Gasteiger partial charge >= 0.3 is 0 Å². The number of rotatable bonds is 5. The Morgan fingerprint density at radius 3 is 2.74 bits per heavy atom. The lowest BCUT2D eigenvalue weighted by atomic mass is 9.92. The monoisotopic (exact) mass is 336 g/mol. The lowest BCUT2D eigenvalue weighted by molar-refractivity contribution is 0.0551. The van der Waals surface area contributed by atoms with Crippen LogP contribution < -0.4 is 4.72 Å². The SMILES string of the molecule is Cn1ccnc1[C@@H](NS(=O)(=O)c1cccnc1)C1CCOCC1. The molecule has 0 amide bonds. The van der Waals surface area contributed by atoms with Crippen molar-refractivity contribution in [2.24, 2.45) is 13.0 Å². The third-order valence-corrected chi connectivity index (χ3v) is 5.53. The Bertz CT molecular complexity index is 739. The minimum absolute atomic E-state index is 0.149. The fourth-order valence-corrected chi connectivity index (χ4v) is 4.05. The molecule has 2 aromatic heterocycles. The minimum Gasteiger partial charge on any atom is -0.381 e. The third-order valence-electron chi connectivity index (χ3n) is 4.10. The molecule has 1 N–H and O–H groups in total. The molecule has 0 radical (unpaired) electrons. The van der Waals surface area contributed by atoms with Gasteiger partial charge < -0.3 is 9.30 Å². The van der Waals surface area contributed by atoms with Crippen molar-refractivity contribution in [3.63, 3.8) is 0 Å². The van der Waals surface area contributed by atoms with Gasteiger partial charge in [0.05, 0.1) is 6.04 Å². The second-order valence-electron chi connectivity index (χ2n) is 5.63. The van der Waals surface area contributed by atoms with Gasteiger partial charge in [-0.3, -0.25) is 4.98 Å². The van der Waals surface area contributed by atoms with Crippen LogP contribution in [0.4, 0.5) is 0 Å². The Morgan fingerprint density at radius 1 is 1.35 bits per heavy atom. The van der Waals surface area contributed by atoms with E-state index in [1.165, 1.54) is 12.3 Å². The molecular weight excluding hydrogens is 316 g/mol. The first-order valence-corrected chi connectivity index (χ1v) is 9.03. The summed E-state index contributed by atoms with van der Waals surface area (Å²) in [6.45, 7) is 1.28. The van der Waals surface area contributed by atoms with Crippen LogP contribution in [0.5, 0.6) is 0 Å². The lowest BCUT2D eigenvalue weighted by Crippen LogP contribution is -2.37. The number of nitrogens with one attached hydrogen (secondary N) is 1. The second-order valence-corrected chi connectivity index (χ2v) is 7.35. The summed E-state index contributed by atoms with van der Waals surface area (Å²) in [5, 5.41) is 0. The fourth-order valence-electron chi connectivity index (χ4n) is 2.83. The maximum atomic E-state index is 12.7. The van der Waals surface area contributed by atoms with E-state index in [-0.39, 0.29) is 16.9 Å². The van der Waals surface area contributed by atoms with Crippen molar-refractivity contribution in [3.8, 4) is 0 Å². The summed E-state index contributed by atoms with van der Waals surface area (Å²) in [6, 6.07) is 2.76. The molecule has 3 heterocycles. The van der Waals surface area contributed by atoms with E-state index >= 15 is 0 Å². The first-order chi connectivity index (χ1) is 11.1. The van der Waals surface area contributed by atoms with Crippen molar-refractivity contribution in [1.82, 2.24) is 19.3 Å².